The van der Waals surface area contributed by atoms with Gasteiger partial charge >= 0.3 is 6.18 Å². The largest absolute Gasteiger partial charge is 0.417 e. The summed E-state index contributed by atoms with van der Waals surface area (Å²) in [6, 6.07) is 5.07. The lowest BCUT2D eigenvalue weighted by atomic mass is 9.89. The molecule has 0 spiro atoms. The number of H-pyrrole nitrogens is 1. The molecular weight excluding hydrogens is 493 g/mol. The minimum atomic E-state index is -4.72. The van der Waals surface area contributed by atoms with Gasteiger partial charge in [0.05, 0.1) is 5.56 Å². The van der Waals surface area contributed by atoms with Gasteiger partial charge in [-0.2, -0.15) is 13.2 Å². The average Bonchev–Trinajstić information content (AvgIpc) is 2.80. The Morgan fingerprint density at radius 1 is 1.11 bits per heavy atom. The summed E-state index contributed by atoms with van der Waals surface area (Å²) in [5.74, 6) is -0.586. The smallest absolute Gasteiger partial charge is 0.369 e. The van der Waals surface area contributed by atoms with E-state index in [2.05, 4.69) is 41.1 Å². The van der Waals surface area contributed by atoms with Gasteiger partial charge in [0.2, 0.25) is 0 Å². The Hall–Kier alpha value is -2.52. The van der Waals surface area contributed by atoms with Crippen molar-refractivity contribution in [1.82, 2.24) is 15.2 Å². The molecule has 1 saturated carbocycles. The van der Waals surface area contributed by atoms with Crippen molar-refractivity contribution in [2.24, 2.45) is 0 Å². The van der Waals surface area contributed by atoms with Gasteiger partial charge in [-0.15, -0.1) is 0 Å². The van der Waals surface area contributed by atoms with E-state index in [0.717, 1.165) is 44.0 Å². The molecule has 1 aromatic carbocycles. The number of aromatic nitrogens is 1. The Morgan fingerprint density at radius 2 is 1.72 bits per heavy atom. The number of benzene rings is 1. The molecule has 0 saturated heterocycles. The van der Waals surface area contributed by atoms with Gasteiger partial charge in [-0.3, -0.25) is 9.59 Å². The SMILES string of the molecule is CCN(c1cc(Cl)cc(C(=O)NCc2c(C(F)(F)F)cc(C)[nH]c2=O)c1C)C1CCC(N(C)C)CC1. The van der Waals surface area contributed by atoms with Crippen LogP contribution in [0.5, 0.6) is 0 Å². The zero-order valence-electron chi connectivity index (χ0n) is 21.4. The van der Waals surface area contributed by atoms with Crippen LogP contribution in [0, 0.1) is 13.8 Å². The summed E-state index contributed by atoms with van der Waals surface area (Å²) in [5, 5.41) is 2.86. The van der Waals surface area contributed by atoms with Crippen molar-refractivity contribution in [2.75, 3.05) is 25.5 Å². The number of hydrogen-bond donors (Lipinski definition) is 2. The highest BCUT2D eigenvalue weighted by atomic mass is 35.5. The molecule has 0 unspecified atom stereocenters. The van der Waals surface area contributed by atoms with Crippen LogP contribution in [-0.2, 0) is 12.7 Å². The van der Waals surface area contributed by atoms with Crippen molar-refractivity contribution in [3.8, 4) is 0 Å². The van der Waals surface area contributed by atoms with Gasteiger partial charge in [-0.1, -0.05) is 11.6 Å². The third-order valence-corrected chi connectivity index (χ3v) is 7.30. The number of pyridine rings is 1. The molecule has 6 nitrogen and oxygen atoms in total. The predicted molar refractivity (Wildman–Crippen MR) is 137 cm³/mol. The third kappa shape index (κ3) is 6.24. The fourth-order valence-corrected chi connectivity index (χ4v) is 5.33. The molecule has 1 heterocycles. The number of halogens is 4. The molecule has 1 aliphatic carbocycles. The van der Waals surface area contributed by atoms with Gasteiger partial charge < -0.3 is 20.1 Å². The quantitative estimate of drug-likeness (QED) is 0.514. The summed E-state index contributed by atoms with van der Waals surface area (Å²) in [4.78, 5) is 32.3. The molecule has 2 N–H and O–H groups in total. The maximum absolute atomic E-state index is 13.5. The number of nitrogens with one attached hydrogen (secondary N) is 2. The molecule has 3 rings (SSSR count). The number of aryl methyl sites for hydroxylation is 1. The summed E-state index contributed by atoms with van der Waals surface area (Å²) in [6.07, 6.45) is -0.534. The van der Waals surface area contributed by atoms with Crippen LogP contribution in [0.3, 0.4) is 0 Å². The van der Waals surface area contributed by atoms with Gasteiger partial charge in [-0.05, 0) is 84.3 Å². The molecule has 10 heteroatoms. The molecule has 1 aliphatic rings. The van der Waals surface area contributed by atoms with Crippen LogP contribution < -0.4 is 15.8 Å². The van der Waals surface area contributed by atoms with Crippen molar-refractivity contribution in [3.05, 3.63) is 61.5 Å². The minimum absolute atomic E-state index is 0.0944. The summed E-state index contributed by atoms with van der Waals surface area (Å²) in [5.41, 5.74) is -0.564. The fourth-order valence-electron chi connectivity index (χ4n) is 5.12. The van der Waals surface area contributed by atoms with E-state index in [1.54, 1.807) is 0 Å². The van der Waals surface area contributed by atoms with E-state index in [1.165, 1.54) is 13.0 Å². The third-order valence-electron chi connectivity index (χ3n) is 7.08. The Bertz CT molecular complexity index is 1160. The van der Waals surface area contributed by atoms with Crippen LogP contribution in [0.2, 0.25) is 5.02 Å². The summed E-state index contributed by atoms with van der Waals surface area (Å²) in [7, 11) is 4.19. The second-order valence-corrected chi connectivity index (χ2v) is 10.1. The number of carbonyl (C=O) groups is 1. The normalized spacial score (nSPS) is 18.4. The topological polar surface area (TPSA) is 68.4 Å². The number of carbonyl (C=O) groups excluding carboxylic acids is 1. The van der Waals surface area contributed by atoms with E-state index >= 15 is 0 Å². The van der Waals surface area contributed by atoms with E-state index < -0.39 is 35.3 Å². The molecule has 0 radical (unpaired) electrons. The maximum Gasteiger partial charge on any atom is 0.417 e. The zero-order chi connectivity index (χ0) is 26.8. The second kappa shape index (κ2) is 11.3. The summed E-state index contributed by atoms with van der Waals surface area (Å²) in [6.45, 7) is 5.42. The van der Waals surface area contributed by atoms with Gasteiger partial charge in [0.1, 0.15) is 0 Å². The number of hydrogen-bond acceptors (Lipinski definition) is 4. The molecule has 36 heavy (non-hydrogen) atoms. The van der Waals surface area contributed by atoms with Gasteiger partial charge in [0, 0.05) is 52.7 Å². The highest BCUT2D eigenvalue weighted by Gasteiger charge is 2.35. The van der Waals surface area contributed by atoms with Crippen LogP contribution in [-0.4, -0.2) is 48.5 Å². The minimum Gasteiger partial charge on any atom is -0.369 e. The number of aromatic amines is 1. The van der Waals surface area contributed by atoms with Crippen molar-refractivity contribution >= 4 is 23.2 Å². The molecule has 0 aliphatic heterocycles. The molecular formula is C26H34ClF3N4O2. The van der Waals surface area contributed by atoms with Crippen LogP contribution in [0.15, 0.2) is 23.0 Å². The first-order valence-corrected chi connectivity index (χ1v) is 12.5. The van der Waals surface area contributed by atoms with E-state index in [4.69, 9.17) is 11.6 Å². The van der Waals surface area contributed by atoms with Gasteiger partial charge in [-0.25, -0.2) is 0 Å². The number of rotatable bonds is 7. The van der Waals surface area contributed by atoms with Crippen LogP contribution >= 0.6 is 11.6 Å². The second-order valence-electron chi connectivity index (χ2n) is 9.66. The molecule has 198 valence electrons. The molecule has 1 amide bonds. The number of anilines is 1. The molecule has 2 aromatic rings. The lowest BCUT2D eigenvalue weighted by Crippen LogP contribution is -2.42. The molecule has 1 fully saturated rings. The van der Waals surface area contributed by atoms with Crippen molar-refractivity contribution in [3.63, 3.8) is 0 Å². The first kappa shape index (κ1) is 28.1. The number of alkyl halides is 3. The van der Waals surface area contributed by atoms with Crippen molar-refractivity contribution in [2.45, 2.75) is 71.3 Å². The summed E-state index contributed by atoms with van der Waals surface area (Å²) >= 11 is 6.40. The highest BCUT2D eigenvalue weighted by Crippen LogP contribution is 2.34. The lowest BCUT2D eigenvalue weighted by Gasteiger charge is -2.40. The van der Waals surface area contributed by atoms with Crippen LogP contribution in [0.1, 0.15) is 65.3 Å². The van der Waals surface area contributed by atoms with E-state index in [9.17, 15) is 22.8 Å². The average molecular weight is 527 g/mol. The molecule has 0 bridgehead atoms. The van der Waals surface area contributed by atoms with E-state index in [0.29, 0.717) is 22.7 Å². The van der Waals surface area contributed by atoms with Crippen molar-refractivity contribution < 1.29 is 18.0 Å². The fraction of sp³-hybridized carbons (Fsp3) is 0.538. The maximum atomic E-state index is 13.5. The summed E-state index contributed by atoms with van der Waals surface area (Å²) < 4.78 is 40.5. The predicted octanol–water partition coefficient (Wildman–Crippen LogP) is 5.29. The molecule has 1 aromatic heterocycles. The zero-order valence-corrected chi connectivity index (χ0v) is 22.1. The van der Waals surface area contributed by atoms with Gasteiger partial charge in [0.15, 0.2) is 0 Å². The van der Waals surface area contributed by atoms with E-state index in [1.807, 2.05) is 13.0 Å². The Morgan fingerprint density at radius 3 is 2.28 bits per heavy atom. The monoisotopic (exact) mass is 526 g/mol. The van der Waals surface area contributed by atoms with E-state index in [-0.39, 0.29) is 11.3 Å². The Balaban J connectivity index is 1.85. The Kier molecular flexibility index (Phi) is 8.77. The first-order chi connectivity index (χ1) is 16.8. The molecule has 0 atom stereocenters. The van der Waals surface area contributed by atoms with Crippen molar-refractivity contribution in [1.29, 1.82) is 0 Å². The van der Waals surface area contributed by atoms with Gasteiger partial charge in [0.25, 0.3) is 11.5 Å². The standard InChI is InChI=1S/C26H34ClF3N4O2/c1-6-34(19-9-7-18(8-10-19)33(4)5)23-13-17(27)12-20(16(23)3)24(35)31-14-21-22(26(28,29)30)11-15(2)32-25(21)36/h11-13,18-19H,6-10,14H2,1-5H3,(H,31,35)(H,32,36). The van der Waals surface area contributed by atoms with Crippen LogP contribution in [0.4, 0.5) is 18.9 Å². The Labute approximate surface area is 214 Å². The van der Waals surface area contributed by atoms with Crippen LogP contribution in [0.25, 0.3) is 0 Å². The first-order valence-electron chi connectivity index (χ1n) is 12.1. The lowest BCUT2D eigenvalue weighted by molar-refractivity contribution is -0.138. The highest BCUT2D eigenvalue weighted by molar-refractivity contribution is 6.31. The number of nitrogens with zero attached hydrogens (tertiary/aromatic N) is 2. The number of amides is 1.